The molecule has 1 aliphatic heterocycles. The summed E-state index contributed by atoms with van der Waals surface area (Å²) in [6.45, 7) is 9.28. The van der Waals surface area contributed by atoms with Crippen LogP contribution in [0.15, 0.2) is 6.20 Å². The van der Waals surface area contributed by atoms with Gasteiger partial charge in [-0.25, -0.2) is 4.68 Å². The molecule has 1 aromatic rings. The summed E-state index contributed by atoms with van der Waals surface area (Å²) in [6, 6.07) is 0. The molecule has 0 aromatic carbocycles. The van der Waals surface area contributed by atoms with Gasteiger partial charge in [0.2, 0.25) is 0 Å². The summed E-state index contributed by atoms with van der Waals surface area (Å²) in [4.78, 5) is 2.47. The van der Waals surface area contributed by atoms with Crippen molar-refractivity contribution in [2.75, 3.05) is 26.2 Å². The summed E-state index contributed by atoms with van der Waals surface area (Å²) in [5.41, 5.74) is 0.963. The van der Waals surface area contributed by atoms with Gasteiger partial charge in [0.25, 0.3) is 0 Å². The van der Waals surface area contributed by atoms with Crippen molar-refractivity contribution in [3.05, 3.63) is 11.9 Å². The van der Waals surface area contributed by atoms with Gasteiger partial charge in [0.15, 0.2) is 0 Å². The minimum absolute atomic E-state index is 0.224. The van der Waals surface area contributed by atoms with E-state index in [0.29, 0.717) is 5.92 Å². The van der Waals surface area contributed by atoms with Gasteiger partial charge < -0.3 is 4.74 Å². The van der Waals surface area contributed by atoms with Crippen molar-refractivity contribution >= 4 is 15.9 Å². The quantitative estimate of drug-likeness (QED) is 0.773. The van der Waals surface area contributed by atoms with Crippen LogP contribution in [0.2, 0.25) is 0 Å². The van der Waals surface area contributed by atoms with Gasteiger partial charge in [-0.3, -0.25) is 4.90 Å². The van der Waals surface area contributed by atoms with Gasteiger partial charge in [0.05, 0.1) is 24.9 Å². The number of rotatable bonds is 5. The molecule has 0 bridgehead atoms. The predicted octanol–water partition coefficient (Wildman–Crippen LogP) is 1.53. The zero-order chi connectivity index (χ0) is 13.0. The van der Waals surface area contributed by atoms with E-state index in [2.05, 4.69) is 45.0 Å². The number of alkyl halides is 1. The second kappa shape index (κ2) is 6.63. The average Bonchev–Trinajstić information content (AvgIpc) is 2.76. The topological polar surface area (TPSA) is 43.2 Å². The lowest BCUT2D eigenvalue weighted by molar-refractivity contribution is -0.0406. The fraction of sp³-hybridized carbons (Fsp3) is 0.833. The third kappa shape index (κ3) is 4.03. The van der Waals surface area contributed by atoms with Crippen LogP contribution in [0.3, 0.4) is 0 Å². The van der Waals surface area contributed by atoms with Gasteiger partial charge in [-0.15, -0.1) is 5.10 Å². The largest absolute Gasteiger partial charge is 0.374 e. The van der Waals surface area contributed by atoms with Crippen molar-refractivity contribution in [1.29, 1.82) is 0 Å². The molecule has 2 rings (SSSR count). The maximum absolute atomic E-state index is 5.79. The van der Waals surface area contributed by atoms with Crippen LogP contribution in [0.1, 0.15) is 19.5 Å². The van der Waals surface area contributed by atoms with Crippen LogP contribution in [0, 0.1) is 5.92 Å². The Kier molecular flexibility index (Phi) is 5.14. The van der Waals surface area contributed by atoms with E-state index in [1.807, 2.05) is 10.9 Å². The van der Waals surface area contributed by atoms with Gasteiger partial charge in [-0.05, 0) is 5.92 Å². The zero-order valence-electron chi connectivity index (χ0n) is 11.0. The van der Waals surface area contributed by atoms with Gasteiger partial charge in [0.1, 0.15) is 0 Å². The van der Waals surface area contributed by atoms with E-state index in [4.69, 9.17) is 4.74 Å². The average molecular weight is 317 g/mol. The molecule has 102 valence electrons. The van der Waals surface area contributed by atoms with Crippen LogP contribution in [-0.4, -0.2) is 52.2 Å². The first-order valence-corrected chi connectivity index (χ1v) is 7.58. The molecular formula is C12H21BrN4O. The summed E-state index contributed by atoms with van der Waals surface area (Å²) in [5, 5.41) is 8.92. The first kappa shape index (κ1) is 14.0. The fourth-order valence-corrected chi connectivity index (χ4v) is 2.53. The Labute approximate surface area is 117 Å². The van der Waals surface area contributed by atoms with E-state index in [1.54, 1.807) is 0 Å². The lowest BCUT2D eigenvalue weighted by atomic mass is 10.2. The zero-order valence-corrected chi connectivity index (χ0v) is 12.6. The molecule has 1 aromatic heterocycles. The number of nitrogens with zero attached hydrogens (tertiary/aromatic N) is 4. The van der Waals surface area contributed by atoms with Crippen LogP contribution in [0.25, 0.3) is 0 Å². The van der Waals surface area contributed by atoms with Crippen molar-refractivity contribution < 1.29 is 4.74 Å². The van der Waals surface area contributed by atoms with Gasteiger partial charge >= 0.3 is 0 Å². The molecule has 18 heavy (non-hydrogen) atoms. The maximum atomic E-state index is 5.79. The number of halogens is 1. The highest BCUT2D eigenvalue weighted by molar-refractivity contribution is 9.08. The third-order valence-corrected chi connectivity index (χ3v) is 3.53. The number of ether oxygens (including phenoxy) is 1. The van der Waals surface area contributed by atoms with E-state index >= 15 is 0 Å². The SMILES string of the molecule is CC(C)CN1CCOC(Cn2cc(CBr)nn2)C1. The molecule has 0 spiro atoms. The number of aromatic nitrogens is 3. The minimum Gasteiger partial charge on any atom is -0.374 e. The molecule has 0 radical (unpaired) electrons. The molecule has 1 fully saturated rings. The Hall–Kier alpha value is -0.460. The highest BCUT2D eigenvalue weighted by Crippen LogP contribution is 2.10. The normalized spacial score (nSPS) is 21.7. The summed E-state index contributed by atoms with van der Waals surface area (Å²) >= 11 is 3.38. The summed E-state index contributed by atoms with van der Waals surface area (Å²) in [5.74, 6) is 0.704. The Balaban J connectivity index is 1.85. The molecule has 1 saturated heterocycles. The van der Waals surface area contributed by atoms with Gasteiger partial charge in [0, 0.05) is 31.2 Å². The standard InChI is InChI=1S/C12H21BrN4O/c1-10(2)6-16-3-4-18-12(8-16)9-17-7-11(5-13)14-15-17/h7,10,12H,3-6,8-9H2,1-2H3. The van der Waals surface area contributed by atoms with Crippen LogP contribution in [0.4, 0.5) is 0 Å². The number of morpholine rings is 1. The Bertz CT molecular complexity index is 369. The van der Waals surface area contributed by atoms with Crippen molar-refractivity contribution in [1.82, 2.24) is 19.9 Å². The Morgan fingerprint density at radius 1 is 1.56 bits per heavy atom. The van der Waals surface area contributed by atoms with Crippen LogP contribution < -0.4 is 0 Å². The van der Waals surface area contributed by atoms with Gasteiger partial charge in [-0.1, -0.05) is 35.0 Å². The second-order valence-corrected chi connectivity index (χ2v) is 5.77. The van der Waals surface area contributed by atoms with E-state index in [1.165, 1.54) is 0 Å². The Morgan fingerprint density at radius 2 is 2.39 bits per heavy atom. The molecule has 1 aliphatic rings. The van der Waals surface area contributed by atoms with Gasteiger partial charge in [-0.2, -0.15) is 0 Å². The summed E-state index contributed by atoms with van der Waals surface area (Å²) < 4.78 is 7.67. The smallest absolute Gasteiger partial charge is 0.0932 e. The third-order valence-electron chi connectivity index (χ3n) is 2.96. The molecule has 1 atom stereocenters. The molecule has 6 heteroatoms. The predicted molar refractivity (Wildman–Crippen MR) is 73.7 cm³/mol. The molecule has 0 saturated carbocycles. The minimum atomic E-state index is 0.224. The first-order valence-electron chi connectivity index (χ1n) is 6.46. The monoisotopic (exact) mass is 316 g/mol. The number of hydrogen-bond donors (Lipinski definition) is 0. The van der Waals surface area contributed by atoms with E-state index in [0.717, 1.165) is 43.8 Å². The highest BCUT2D eigenvalue weighted by Gasteiger charge is 2.21. The van der Waals surface area contributed by atoms with Crippen molar-refractivity contribution in [2.45, 2.75) is 31.8 Å². The molecule has 5 nitrogen and oxygen atoms in total. The fourth-order valence-electron chi connectivity index (χ4n) is 2.27. The maximum Gasteiger partial charge on any atom is 0.0932 e. The number of hydrogen-bond acceptors (Lipinski definition) is 4. The van der Waals surface area contributed by atoms with E-state index < -0.39 is 0 Å². The van der Waals surface area contributed by atoms with Crippen molar-refractivity contribution in [2.24, 2.45) is 5.92 Å². The molecule has 1 unspecified atom stereocenters. The highest BCUT2D eigenvalue weighted by atomic mass is 79.9. The Morgan fingerprint density at radius 3 is 3.06 bits per heavy atom. The molecule has 0 aliphatic carbocycles. The van der Waals surface area contributed by atoms with E-state index in [-0.39, 0.29) is 6.10 Å². The van der Waals surface area contributed by atoms with Crippen LogP contribution in [0.5, 0.6) is 0 Å². The lowest BCUT2D eigenvalue weighted by Gasteiger charge is -2.33. The van der Waals surface area contributed by atoms with Crippen LogP contribution in [-0.2, 0) is 16.6 Å². The second-order valence-electron chi connectivity index (χ2n) is 5.21. The lowest BCUT2D eigenvalue weighted by Crippen LogP contribution is -2.45. The molecule has 2 heterocycles. The summed E-state index contributed by atoms with van der Waals surface area (Å²) in [6.07, 6.45) is 2.20. The molecular weight excluding hydrogens is 296 g/mol. The van der Waals surface area contributed by atoms with Crippen molar-refractivity contribution in [3.63, 3.8) is 0 Å². The van der Waals surface area contributed by atoms with Crippen LogP contribution >= 0.6 is 15.9 Å². The van der Waals surface area contributed by atoms with Crippen molar-refractivity contribution in [3.8, 4) is 0 Å². The first-order chi connectivity index (χ1) is 8.67. The molecule has 0 N–H and O–H groups in total. The molecule has 0 amide bonds. The van der Waals surface area contributed by atoms with E-state index in [9.17, 15) is 0 Å². The summed E-state index contributed by atoms with van der Waals surface area (Å²) in [7, 11) is 0.